The number of hydrogen-bond donors (Lipinski definition) is 1. The topological polar surface area (TPSA) is 64.0 Å². The molecular weight excluding hydrogens is 380 g/mol. The lowest BCUT2D eigenvalue weighted by Crippen LogP contribution is -2.19. The number of aliphatic hydroxyl groups is 1. The van der Waals surface area contributed by atoms with Gasteiger partial charge in [0.25, 0.3) is 0 Å². The first-order chi connectivity index (χ1) is 14.6. The van der Waals surface area contributed by atoms with Gasteiger partial charge in [-0.25, -0.2) is 4.98 Å². The summed E-state index contributed by atoms with van der Waals surface area (Å²) in [6.45, 7) is 1.77. The highest BCUT2D eigenvalue weighted by Gasteiger charge is 2.22. The molecule has 3 aromatic carbocycles. The van der Waals surface area contributed by atoms with Crippen LogP contribution in [0, 0.1) is 6.92 Å². The highest BCUT2D eigenvalue weighted by Crippen LogP contribution is 2.46. The Morgan fingerprint density at radius 1 is 0.867 bits per heavy atom. The van der Waals surface area contributed by atoms with Crippen LogP contribution < -0.4 is 19.1 Å². The predicted octanol–water partition coefficient (Wildman–Crippen LogP) is 4.81. The fourth-order valence-corrected chi connectivity index (χ4v) is 3.79. The Morgan fingerprint density at radius 3 is 2.20 bits per heavy atom. The van der Waals surface area contributed by atoms with Crippen molar-refractivity contribution in [2.24, 2.45) is 0 Å². The van der Waals surface area contributed by atoms with E-state index in [1.165, 1.54) is 0 Å². The average Bonchev–Trinajstić information content (AvgIpc) is 2.78. The molecule has 4 aromatic rings. The van der Waals surface area contributed by atoms with Crippen LogP contribution in [0.2, 0.25) is 0 Å². The molecule has 0 fully saturated rings. The first kappa shape index (κ1) is 19.8. The molecule has 1 heterocycles. The summed E-state index contributed by atoms with van der Waals surface area (Å²) in [5, 5.41) is 12.1. The summed E-state index contributed by atoms with van der Waals surface area (Å²) in [5.41, 5.74) is 4.10. The van der Waals surface area contributed by atoms with E-state index in [1.54, 1.807) is 26.2 Å². The highest BCUT2D eigenvalue weighted by atomic mass is 16.5. The maximum absolute atomic E-state index is 10.3. The molecule has 30 heavy (non-hydrogen) atoms. The summed E-state index contributed by atoms with van der Waals surface area (Å²) in [4.78, 5) is 6.64. The van der Waals surface area contributed by atoms with Gasteiger partial charge in [-0.3, -0.25) is 0 Å². The molecule has 0 amide bonds. The Kier molecular flexibility index (Phi) is 5.33. The van der Waals surface area contributed by atoms with Crippen LogP contribution in [-0.2, 0) is 0 Å². The number of methoxy groups -OCH3 is 3. The van der Waals surface area contributed by atoms with Crippen molar-refractivity contribution in [1.82, 2.24) is 4.98 Å². The van der Waals surface area contributed by atoms with Gasteiger partial charge in [0.1, 0.15) is 12.5 Å². The van der Waals surface area contributed by atoms with E-state index in [2.05, 4.69) is 6.07 Å². The van der Waals surface area contributed by atoms with Crippen LogP contribution in [0.15, 0.2) is 54.6 Å². The first-order valence-electron chi connectivity index (χ1n) is 9.58. The molecule has 0 spiro atoms. The van der Waals surface area contributed by atoms with Gasteiger partial charge < -0.3 is 24.2 Å². The molecule has 0 aliphatic heterocycles. The number of pyridine rings is 1. The van der Waals surface area contributed by atoms with Crippen molar-refractivity contribution in [3.63, 3.8) is 0 Å². The van der Waals surface area contributed by atoms with E-state index in [9.17, 15) is 5.11 Å². The van der Waals surface area contributed by atoms with Crippen LogP contribution >= 0.6 is 0 Å². The molecule has 0 saturated carbocycles. The number of ether oxygens (including phenoxy) is 3. The Hall–Kier alpha value is -3.51. The molecule has 0 unspecified atom stereocenters. The molecule has 1 aromatic heterocycles. The molecule has 0 atom stereocenters. The zero-order chi connectivity index (χ0) is 21.3. The number of nitrogens with zero attached hydrogens (tertiary/aromatic N) is 2. The average molecular weight is 404 g/mol. The molecule has 6 nitrogen and oxygen atoms in total. The summed E-state index contributed by atoms with van der Waals surface area (Å²) < 4.78 is 16.8. The van der Waals surface area contributed by atoms with Gasteiger partial charge in [0.15, 0.2) is 11.5 Å². The number of anilines is 2. The van der Waals surface area contributed by atoms with E-state index in [1.807, 2.05) is 55.5 Å². The number of benzene rings is 3. The standard InChI is InChI=1S/C24H24N2O4/c1-15-10-16-11-18-20(25-19(16)12-21(15)28-2)13-22(29-3)24(30-4)23(18)26(14-27)17-8-6-5-7-9-17/h5-13,27H,14H2,1-4H3. The number of para-hydroxylation sites is 1. The molecule has 0 bridgehead atoms. The molecular formula is C24H24N2O4. The van der Waals surface area contributed by atoms with Gasteiger partial charge in [-0.05, 0) is 36.8 Å². The Labute approximate surface area is 175 Å². The maximum atomic E-state index is 10.3. The molecule has 4 rings (SSSR count). The van der Waals surface area contributed by atoms with Gasteiger partial charge in [-0.15, -0.1) is 0 Å². The van der Waals surface area contributed by atoms with Crippen molar-refractivity contribution in [1.29, 1.82) is 0 Å². The van der Waals surface area contributed by atoms with Crippen molar-refractivity contribution in [2.45, 2.75) is 6.92 Å². The SMILES string of the molecule is COc1cc2nc3cc(OC)c(OC)c(N(CO)c4ccccc4)c3cc2cc1C. The third-order valence-electron chi connectivity index (χ3n) is 5.23. The van der Waals surface area contributed by atoms with Gasteiger partial charge in [-0.1, -0.05) is 18.2 Å². The van der Waals surface area contributed by atoms with Crippen LogP contribution in [-0.4, -0.2) is 38.2 Å². The number of fused-ring (bicyclic) bond motifs is 2. The lowest BCUT2D eigenvalue weighted by atomic mass is 10.0. The fraction of sp³-hybridized carbons (Fsp3) is 0.208. The summed E-state index contributed by atoms with van der Waals surface area (Å²) in [5.74, 6) is 1.87. The number of aryl methyl sites for hydroxylation is 1. The van der Waals surface area contributed by atoms with Crippen molar-refractivity contribution in [3.05, 3.63) is 60.2 Å². The maximum Gasteiger partial charge on any atom is 0.185 e. The number of aromatic nitrogens is 1. The minimum absolute atomic E-state index is 0.234. The number of hydrogen-bond acceptors (Lipinski definition) is 6. The smallest absolute Gasteiger partial charge is 0.185 e. The summed E-state index contributed by atoms with van der Waals surface area (Å²) in [7, 11) is 4.84. The van der Waals surface area contributed by atoms with E-state index in [0.717, 1.165) is 38.8 Å². The van der Waals surface area contributed by atoms with Crippen LogP contribution in [0.5, 0.6) is 17.2 Å². The summed E-state index contributed by atoms with van der Waals surface area (Å²) >= 11 is 0. The molecule has 0 aliphatic carbocycles. The lowest BCUT2D eigenvalue weighted by molar-refractivity contribution is 0.302. The molecule has 6 heteroatoms. The van der Waals surface area contributed by atoms with E-state index in [-0.39, 0.29) is 6.73 Å². The largest absolute Gasteiger partial charge is 0.496 e. The minimum Gasteiger partial charge on any atom is -0.496 e. The van der Waals surface area contributed by atoms with Crippen molar-refractivity contribution in [3.8, 4) is 17.2 Å². The summed E-state index contributed by atoms with van der Waals surface area (Å²) in [6, 6.07) is 17.6. The van der Waals surface area contributed by atoms with Crippen molar-refractivity contribution >= 4 is 33.2 Å². The van der Waals surface area contributed by atoms with Gasteiger partial charge in [0, 0.05) is 28.6 Å². The third kappa shape index (κ3) is 3.25. The van der Waals surface area contributed by atoms with Crippen molar-refractivity contribution < 1.29 is 19.3 Å². The molecule has 0 saturated heterocycles. The zero-order valence-corrected chi connectivity index (χ0v) is 17.5. The minimum atomic E-state index is -0.234. The second-order valence-electron chi connectivity index (χ2n) is 6.94. The van der Waals surface area contributed by atoms with Crippen LogP contribution in [0.1, 0.15) is 5.56 Å². The predicted molar refractivity (Wildman–Crippen MR) is 119 cm³/mol. The first-order valence-corrected chi connectivity index (χ1v) is 9.58. The van der Waals surface area contributed by atoms with Crippen LogP contribution in [0.3, 0.4) is 0 Å². The van der Waals surface area contributed by atoms with Gasteiger partial charge in [0.05, 0.1) is 38.1 Å². The molecule has 0 aliphatic rings. The quantitative estimate of drug-likeness (QED) is 0.368. The Morgan fingerprint density at radius 2 is 1.57 bits per heavy atom. The van der Waals surface area contributed by atoms with Crippen LogP contribution in [0.4, 0.5) is 11.4 Å². The second-order valence-corrected chi connectivity index (χ2v) is 6.94. The number of rotatable bonds is 6. The molecule has 154 valence electrons. The number of aliphatic hydroxyl groups excluding tert-OH is 1. The van der Waals surface area contributed by atoms with Gasteiger partial charge in [-0.2, -0.15) is 0 Å². The second kappa shape index (κ2) is 8.08. The Bertz CT molecular complexity index is 1210. The van der Waals surface area contributed by atoms with E-state index in [4.69, 9.17) is 19.2 Å². The fourth-order valence-electron chi connectivity index (χ4n) is 3.79. The van der Waals surface area contributed by atoms with Gasteiger partial charge >= 0.3 is 0 Å². The van der Waals surface area contributed by atoms with E-state index >= 15 is 0 Å². The van der Waals surface area contributed by atoms with E-state index in [0.29, 0.717) is 17.2 Å². The third-order valence-corrected chi connectivity index (χ3v) is 5.23. The van der Waals surface area contributed by atoms with Gasteiger partial charge in [0.2, 0.25) is 0 Å². The zero-order valence-electron chi connectivity index (χ0n) is 17.5. The monoisotopic (exact) mass is 404 g/mol. The molecule has 0 radical (unpaired) electrons. The van der Waals surface area contributed by atoms with Crippen molar-refractivity contribution in [2.75, 3.05) is 33.0 Å². The molecule has 1 N–H and O–H groups in total. The lowest BCUT2D eigenvalue weighted by Gasteiger charge is -2.27. The normalized spacial score (nSPS) is 11.0. The Balaban J connectivity index is 2.09. The highest BCUT2D eigenvalue weighted by molar-refractivity contribution is 6.04. The summed E-state index contributed by atoms with van der Waals surface area (Å²) in [6.07, 6.45) is 0. The van der Waals surface area contributed by atoms with E-state index < -0.39 is 0 Å². The van der Waals surface area contributed by atoms with Crippen LogP contribution in [0.25, 0.3) is 21.8 Å².